The SMILES string of the molecule is Nc1ncnc2ccc(C(O)C(O)CNC(=O)OCc3ccccc3)cc12. The molecule has 2 aromatic carbocycles. The molecule has 0 spiro atoms. The highest BCUT2D eigenvalue weighted by atomic mass is 16.5. The smallest absolute Gasteiger partial charge is 0.407 e. The van der Waals surface area contributed by atoms with Gasteiger partial charge in [-0.25, -0.2) is 14.8 Å². The summed E-state index contributed by atoms with van der Waals surface area (Å²) in [6.45, 7) is -0.0527. The number of nitrogens with two attached hydrogens (primary N) is 1. The Hall–Kier alpha value is -3.23. The Morgan fingerprint density at radius 3 is 2.70 bits per heavy atom. The van der Waals surface area contributed by atoms with Crippen LogP contribution in [0.15, 0.2) is 54.9 Å². The highest BCUT2D eigenvalue weighted by Crippen LogP contribution is 2.23. The van der Waals surface area contributed by atoms with E-state index in [2.05, 4.69) is 15.3 Å². The lowest BCUT2D eigenvalue weighted by atomic mass is 10.0. The number of rotatable bonds is 6. The van der Waals surface area contributed by atoms with Gasteiger partial charge in [-0.2, -0.15) is 0 Å². The van der Waals surface area contributed by atoms with Crippen LogP contribution in [0.4, 0.5) is 10.6 Å². The van der Waals surface area contributed by atoms with Crippen molar-refractivity contribution in [2.45, 2.75) is 18.8 Å². The van der Waals surface area contributed by atoms with E-state index in [4.69, 9.17) is 10.5 Å². The van der Waals surface area contributed by atoms with Gasteiger partial charge in [0.2, 0.25) is 0 Å². The van der Waals surface area contributed by atoms with Crippen molar-refractivity contribution in [1.29, 1.82) is 0 Å². The Morgan fingerprint density at radius 1 is 1.15 bits per heavy atom. The number of ether oxygens (including phenoxy) is 1. The monoisotopic (exact) mass is 368 g/mol. The summed E-state index contributed by atoms with van der Waals surface area (Å²) in [5.41, 5.74) is 7.74. The Balaban J connectivity index is 1.55. The average molecular weight is 368 g/mol. The van der Waals surface area contributed by atoms with Gasteiger partial charge in [0.1, 0.15) is 31.0 Å². The van der Waals surface area contributed by atoms with E-state index in [1.54, 1.807) is 18.2 Å². The molecular formula is C19H20N4O4. The van der Waals surface area contributed by atoms with Gasteiger partial charge in [-0.3, -0.25) is 0 Å². The standard InChI is InChI=1S/C19H20N4O4/c20-18-14-8-13(6-7-15(14)22-11-23-18)17(25)16(24)9-21-19(26)27-10-12-4-2-1-3-5-12/h1-8,11,16-17,24-25H,9-10H2,(H,21,26)(H2,20,22,23). The van der Waals surface area contributed by atoms with E-state index in [1.807, 2.05) is 30.3 Å². The third-order valence-electron chi connectivity index (χ3n) is 4.06. The van der Waals surface area contributed by atoms with Crippen molar-refractivity contribution in [2.24, 2.45) is 0 Å². The predicted octanol–water partition coefficient (Wildman–Crippen LogP) is 1.53. The van der Waals surface area contributed by atoms with Gasteiger partial charge in [-0.05, 0) is 23.3 Å². The maximum Gasteiger partial charge on any atom is 0.407 e. The molecule has 27 heavy (non-hydrogen) atoms. The van der Waals surface area contributed by atoms with Gasteiger partial charge in [-0.1, -0.05) is 36.4 Å². The van der Waals surface area contributed by atoms with Crippen LogP contribution in [0, 0.1) is 0 Å². The summed E-state index contributed by atoms with van der Waals surface area (Å²) in [4.78, 5) is 19.7. The summed E-state index contributed by atoms with van der Waals surface area (Å²) in [5, 5.41) is 23.5. The normalized spacial score (nSPS) is 13.1. The lowest BCUT2D eigenvalue weighted by Crippen LogP contribution is -2.35. The third kappa shape index (κ3) is 4.69. The molecule has 0 saturated carbocycles. The fourth-order valence-electron chi connectivity index (χ4n) is 2.57. The minimum atomic E-state index is -1.22. The van der Waals surface area contributed by atoms with Crippen LogP contribution in [0.2, 0.25) is 0 Å². The number of aromatic nitrogens is 2. The lowest BCUT2D eigenvalue weighted by Gasteiger charge is -2.19. The molecule has 0 fully saturated rings. The van der Waals surface area contributed by atoms with E-state index in [0.717, 1.165) is 5.56 Å². The van der Waals surface area contributed by atoms with Crippen LogP contribution >= 0.6 is 0 Å². The van der Waals surface area contributed by atoms with Crippen LogP contribution in [0.3, 0.4) is 0 Å². The molecule has 5 N–H and O–H groups in total. The molecule has 0 aliphatic carbocycles. The van der Waals surface area contributed by atoms with Gasteiger partial charge in [0.15, 0.2) is 0 Å². The Bertz CT molecular complexity index is 920. The molecule has 0 bridgehead atoms. The molecule has 1 aromatic heterocycles. The Labute approximate surface area is 155 Å². The van der Waals surface area contributed by atoms with Gasteiger partial charge < -0.3 is 26.0 Å². The molecule has 3 aromatic rings. The number of benzene rings is 2. The van der Waals surface area contributed by atoms with E-state index in [9.17, 15) is 15.0 Å². The van der Waals surface area contributed by atoms with E-state index in [-0.39, 0.29) is 19.0 Å². The molecule has 1 amide bonds. The number of nitrogens with one attached hydrogen (secondary N) is 1. The van der Waals surface area contributed by atoms with Gasteiger partial charge in [0.25, 0.3) is 0 Å². The zero-order valence-corrected chi connectivity index (χ0v) is 14.4. The Kier molecular flexibility index (Phi) is 5.80. The zero-order valence-electron chi connectivity index (χ0n) is 14.4. The van der Waals surface area contributed by atoms with E-state index in [0.29, 0.717) is 16.5 Å². The zero-order chi connectivity index (χ0) is 19.2. The molecule has 140 valence electrons. The number of aliphatic hydroxyl groups excluding tert-OH is 2. The van der Waals surface area contributed by atoms with Gasteiger partial charge in [0, 0.05) is 11.9 Å². The number of carbonyl (C=O) groups excluding carboxylic acids is 1. The number of carbonyl (C=O) groups is 1. The molecule has 2 atom stereocenters. The van der Waals surface area contributed by atoms with Crippen molar-refractivity contribution < 1.29 is 19.7 Å². The second-order valence-corrected chi connectivity index (χ2v) is 5.99. The second kappa shape index (κ2) is 8.43. The van der Waals surface area contributed by atoms with E-state index in [1.165, 1.54) is 6.33 Å². The molecule has 8 nitrogen and oxygen atoms in total. The number of hydrogen-bond acceptors (Lipinski definition) is 7. The number of fused-ring (bicyclic) bond motifs is 1. The number of amides is 1. The highest BCUT2D eigenvalue weighted by Gasteiger charge is 2.20. The summed E-state index contributed by atoms with van der Waals surface area (Å²) >= 11 is 0. The summed E-state index contributed by atoms with van der Waals surface area (Å²) in [6, 6.07) is 14.2. The molecule has 3 rings (SSSR count). The Morgan fingerprint density at radius 2 is 1.93 bits per heavy atom. The molecule has 8 heteroatoms. The largest absolute Gasteiger partial charge is 0.445 e. The summed E-state index contributed by atoms with van der Waals surface area (Å²) < 4.78 is 5.06. The fourth-order valence-corrected chi connectivity index (χ4v) is 2.57. The van der Waals surface area contributed by atoms with Crippen molar-refractivity contribution in [3.8, 4) is 0 Å². The fraction of sp³-hybridized carbons (Fsp3) is 0.211. The van der Waals surface area contributed by atoms with Crippen molar-refractivity contribution in [2.75, 3.05) is 12.3 Å². The second-order valence-electron chi connectivity index (χ2n) is 5.99. The highest BCUT2D eigenvalue weighted by molar-refractivity contribution is 5.88. The topological polar surface area (TPSA) is 131 Å². The quantitative estimate of drug-likeness (QED) is 0.519. The first-order valence-electron chi connectivity index (χ1n) is 8.35. The van der Waals surface area contributed by atoms with Crippen LogP contribution in [0.25, 0.3) is 10.9 Å². The molecule has 0 saturated heterocycles. The van der Waals surface area contributed by atoms with Crippen molar-refractivity contribution in [3.63, 3.8) is 0 Å². The minimum absolute atomic E-state index is 0.120. The number of anilines is 1. The van der Waals surface area contributed by atoms with Crippen LogP contribution in [-0.2, 0) is 11.3 Å². The maximum absolute atomic E-state index is 11.7. The summed E-state index contributed by atoms with van der Waals surface area (Å²) in [6.07, 6.45) is -1.77. The first kappa shape index (κ1) is 18.6. The number of hydrogen-bond donors (Lipinski definition) is 4. The van der Waals surface area contributed by atoms with Crippen LogP contribution in [0.5, 0.6) is 0 Å². The number of aliphatic hydroxyl groups is 2. The van der Waals surface area contributed by atoms with Crippen molar-refractivity contribution in [1.82, 2.24) is 15.3 Å². The van der Waals surface area contributed by atoms with Gasteiger partial charge in [-0.15, -0.1) is 0 Å². The maximum atomic E-state index is 11.7. The number of alkyl carbamates (subject to hydrolysis) is 1. The molecule has 0 radical (unpaired) electrons. The first-order valence-corrected chi connectivity index (χ1v) is 8.35. The molecule has 0 aliphatic rings. The molecule has 1 heterocycles. The van der Waals surface area contributed by atoms with E-state index >= 15 is 0 Å². The van der Waals surface area contributed by atoms with Crippen LogP contribution < -0.4 is 11.1 Å². The lowest BCUT2D eigenvalue weighted by molar-refractivity contribution is 0.0185. The minimum Gasteiger partial charge on any atom is -0.445 e. The molecular weight excluding hydrogens is 348 g/mol. The van der Waals surface area contributed by atoms with Gasteiger partial charge in [0.05, 0.1) is 5.52 Å². The summed E-state index contributed by atoms with van der Waals surface area (Å²) in [7, 11) is 0. The molecule has 0 aliphatic heterocycles. The van der Waals surface area contributed by atoms with Crippen molar-refractivity contribution in [3.05, 3.63) is 66.0 Å². The number of nitrogen functional groups attached to an aromatic ring is 1. The average Bonchev–Trinajstić information content (AvgIpc) is 2.70. The summed E-state index contributed by atoms with van der Waals surface area (Å²) in [5.74, 6) is 0.283. The van der Waals surface area contributed by atoms with Gasteiger partial charge >= 0.3 is 6.09 Å². The molecule has 2 unspecified atom stereocenters. The third-order valence-corrected chi connectivity index (χ3v) is 4.06. The first-order chi connectivity index (χ1) is 13.0. The van der Waals surface area contributed by atoms with Crippen molar-refractivity contribution >= 4 is 22.8 Å². The number of nitrogens with zero attached hydrogens (tertiary/aromatic N) is 2. The van der Waals surface area contributed by atoms with Crippen LogP contribution in [0.1, 0.15) is 17.2 Å². The predicted molar refractivity (Wildman–Crippen MR) is 99.5 cm³/mol. The van der Waals surface area contributed by atoms with Crippen LogP contribution in [-0.4, -0.2) is 38.9 Å². The van der Waals surface area contributed by atoms with E-state index < -0.39 is 18.3 Å².